The smallest absolute Gasteiger partial charge is 0.239 e. The molecule has 0 spiro atoms. The summed E-state index contributed by atoms with van der Waals surface area (Å²) in [5, 5.41) is 3.16. The van der Waals surface area contributed by atoms with Gasteiger partial charge < -0.3 is 15.8 Å². The zero-order valence-electron chi connectivity index (χ0n) is 11.2. The minimum atomic E-state index is -0.566. The first-order chi connectivity index (χ1) is 8.10. The lowest BCUT2D eigenvalue weighted by molar-refractivity contribution is -0.126. The predicted molar refractivity (Wildman–Crippen MR) is 67.7 cm³/mol. The minimum Gasteiger partial charge on any atom is -0.383 e. The molecule has 17 heavy (non-hydrogen) atoms. The number of methoxy groups -OCH3 is 1. The number of nitrogens with one attached hydrogen (secondary N) is 1. The fourth-order valence-corrected chi connectivity index (χ4v) is 2.31. The SMILES string of the molecule is CCN(CCOC)CC(NC)(C(N)=O)C1CC1. The first-order valence-electron chi connectivity index (χ1n) is 6.30. The number of carbonyl (C=O) groups excluding carboxylic acids is 1. The Morgan fingerprint density at radius 3 is 2.59 bits per heavy atom. The van der Waals surface area contributed by atoms with Gasteiger partial charge in [-0.25, -0.2) is 0 Å². The van der Waals surface area contributed by atoms with Crippen LogP contribution in [-0.2, 0) is 9.53 Å². The number of hydrogen-bond acceptors (Lipinski definition) is 4. The molecule has 1 unspecified atom stereocenters. The summed E-state index contributed by atoms with van der Waals surface area (Å²) in [6.07, 6.45) is 2.18. The molecule has 1 rings (SSSR count). The lowest BCUT2D eigenvalue weighted by Crippen LogP contribution is -2.62. The van der Waals surface area contributed by atoms with Crippen molar-refractivity contribution in [3.8, 4) is 0 Å². The van der Waals surface area contributed by atoms with Gasteiger partial charge in [0.05, 0.1) is 6.61 Å². The third-order valence-corrected chi connectivity index (χ3v) is 3.69. The molecule has 0 aromatic carbocycles. The van der Waals surface area contributed by atoms with E-state index in [1.54, 1.807) is 7.11 Å². The predicted octanol–water partition coefficient (Wildman–Crippen LogP) is -0.192. The number of carbonyl (C=O) groups is 1. The van der Waals surface area contributed by atoms with E-state index in [1.807, 2.05) is 7.05 Å². The molecule has 1 aliphatic rings. The molecule has 1 aliphatic carbocycles. The summed E-state index contributed by atoms with van der Waals surface area (Å²) in [6, 6.07) is 0. The van der Waals surface area contributed by atoms with Gasteiger partial charge >= 0.3 is 0 Å². The van der Waals surface area contributed by atoms with Crippen LogP contribution in [0, 0.1) is 5.92 Å². The number of likely N-dealkylation sites (N-methyl/N-ethyl adjacent to an activating group) is 2. The van der Waals surface area contributed by atoms with Gasteiger partial charge in [-0.2, -0.15) is 0 Å². The van der Waals surface area contributed by atoms with Crippen LogP contribution in [-0.4, -0.2) is 56.7 Å². The summed E-state index contributed by atoms with van der Waals surface area (Å²) in [5.41, 5.74) is 5.03. The Morgan fingerprint density at radius 2 is 2.24 bits per heavy atom. The quantitative estimate of drug-likeness (QED) is 0.589. The number of ether oxygens (including phenoxy) is 1. The molecule has 0 radical (unpaired) electrons. The molecule has 0 aromatic heterocycles. The number of nitrogens with two attached hydrogens (primary N) is 1. The van der Waals surface area contributed by atoms with Gasteiger partial charge in [-0.05, 0) is 32.4 Å². The zero-order chi connectivity index (χ0) is 12.9. The molecular weight excluding hydrogens is 218 g/mol. The Kier molecular flexibility index (Phi) is 5.36. The van der Waals surface area contributed by atoms with Crippen LogP contribution >= 0.6 is 0 Å². The van der Waals surface area contributed by atoms with Crippen LogP contribution in [0.15, 0.2) is 0 Å². The molecule has 100 valence electrons. The molecule has 1 fully saturated rings. The maximum Gasteiger partial charge on any atom is 0.239 e. The summed E-state index contributed by atoms with van der Waals surface area (Å²) in [7, 11) is 3.52. The van der Waals surface area contributed by atoms with Crippen molar-refractivity contribution in [1.29, 1.82) is 0 Å². The van der Waals surface area contributed by atoms with E-state index in [0.29, 0.717) is 19.1 Å². The highest BCUT2D eigenvalue weighted by Crippen LogP contribution is 2.39. The van der Waals surface area contributed by atoms with Crippen molar-refractivity contribution in [3.63, 3.8) is 0 Å². The van der Waals surface area contributed by atoms with Crippen molar-refractivity contribution >= 4 is 5.91 Å². The summed E-state index contributed by atoms with van der Waals surface area (Å²) < 4.78 is 5.08. The normalized spacial score (nSPS) is 19.3. The number of primary amides is 1. The summed E-state index contributed by atoms with van der Waals surface area (Å²) in [5.74, 6) is 0.153. The van der Waals surface area contributed by atoms with E-state index in [9.17, 15) is 4.79 Å². The van der Waals surface area contributed by atoms with Crippen LogP contribution in [0.5, 0.6) is 0 Å². The average molecular weight is 243 g/mol. The van der Waals surface area contributed by atoms with Gasteiger partial charge in [0.1, 0.15) is 5.54 Å². The van der Waals surface area contributed by atoms with Crippen molar-refractivity contribution in [2.45, 2.75) is 25.3 Å². The highest BCUT2D eigenvalue weighted by atomic mass is 16.5. The van der Waals surface area contributed by atoms with Crippen LogP contribution in [0.25, 0.3) is 0 Å². The van der Waals surface area contributed by atoms with Crippen LogP contribution < -0.4 is 11.1 Å². The molecule has 1 saturated carbocycles. The Bertz CT molecular complexity index is 256. The monoisotopic (exact) mass is 243 g/mol. The van der Waals surface area contributed by atoms with E-state index in [1.165, 1.54) is 0 Å². The highest BCUT2D eigenvalue weighted by molar-refractivity contribution is 5.85. The van der Waals surface area contributed by atoms with Crippen molar-refractivity contribution < 1.29 is 9.53 Å². The van der Waals surface area contributed by atoms with E-state index in [-0.39, 0.29) is 5.91 Å². The summed E-state index contributed by atoms with van der Waals surface area (Å²) in [4.78, 5) is 14.0. The highest BCUT2D eigenvalue weighted by Gasteiger charge is 2.49. The molecule has 5 heteroatoms. The van der Waals surface area contributed by atoms with E-state index in [0.717, 1.165) is 25.9 Å². The first kappa shape index (κ1) is 14.4. The zero-order valence-corrected chi connectivity index (χ0v) is 11.2. The number of rotatable bonds is 9. The number of nitrogens with zero attached hydrogens (tertiary/aromatic N) is 1. The molecular formula is C12H25N3O2. The third-order valence-electron chi connectivity index (χ3n) is 3.69. The maximum absolute atomic E-state index is 11.8. The molecule has 5 nitrogen and oxygen atoms in total. The van der Waals surface area contributed by atoms with Crippen molar-refractivity contribution in [3.05, 3.63) is 0 Å². The molecule has 0 aliphatic heterocycles. The van der Waals surface area contributed by atoms with Crippen LogP contribution in [0.2, 0.25) is 0 Å². The van der Waals surface area contributed by atoms with Gasteiger partial charge in [0.2, 0.25) is 5.91 Å². The van der Waals surface area contributed by atoms with E-state index in [2.05, 4.69) is 17.1 Å². The number of hydrogen-bond donors (Lipinski definition) is 2. The molecule has 0 heterocycles. The summed E-state index contributed by atoms with van der Waals surface area (Å²) >= 11 is 0. The van der Waals surface area contributed by atoms with Gasteiger partial charge in [-0.1, -0.05) is 6.92 Å². The van der Waals surface area contributed by atoms with Crippen LogP contribution in [0.1, 0.15) is 19.8 Å². The second kappa shape index (κ2) is 6.33. The second-order valence-electron chi connectivity index (χ2n) is 4.72. The van der Waals surface area contributed by atoms with Gasteiger partial charge in [0.15, 0.2) is 0 Å². The van der Waals surface area contributed by atoms with Gasteiger partial charge in [-0.15, -0.1) is 0 Å². The van der Waals surface area contributed by atoms with Gasteiger partial charge in [0.25, 0.3) is 0 Å². The second-order valence-corrected chi connectivity index (χ2v) is 4.72. The molecule has 1 amide bonds. The van der Waals surface area contributed by atoms with E-state index < -0.39 is 5.54 Å². The van der Waals surface area contributed by atoms with Crippen LogP contribution in [0.3, 0.4) is 0 Å². The number of amides is 1. The molecule has 1 atom stereocenters. The minimum absolute atomic E-state index is 0.238. The molecule has 0 aromatic rings. The molecule has 3 N–H and O–H groups in total. The molecule has 0 saturated heterocycles. The average Bonchev–Trinajstić information content (AvgIpc) is 3.14. The first-order valence-corrected chi connectivity index (χ1v) is 6.30. The van der Waals surface area contributed by atoms with Crippen molar-refractivity contribution in [1.82, 2.24) is 10.2 Å². The maximum atomic E-state index is 11.8. The third kappa shape index (κ3) is 3.40. The lowest BCUT2D eigenvalue weighted by Gasteiger charge is -2.35. The Hall–Kier alpha value is -0.650. The van der Waals surface area contributed by atoms with E-state index in [4.69, 9.17) is 10.5 Å². The Labute approximate surface area is 104 Å². The Balaban J connectivity index is 2.66. The van der Waals surface area contributed by atoms with Crippen molar-refractivity contribution in [2.75, 3.05) is 40.4 Å². The standard InChI is InChI=1S/C12H25N3O2/c1-4-15(7-8-17-3)9-12(14-2,11(13)16)10-5-6-10/h10,14H,4-9H2,1-3H3,(H2,13,16). The van der Waals surface area contributed by atoms with Crippen LogP contribution in [0.4, 0.5) is 0 Å². The van der Waals surface area contributed by atoms with E-state index >= 15 is 0 Å². The topological polar surface area (TPSA) is 67.6 Å². The summed E-state index contributed by atoms with van der Waals surface area (Å²) in [6.45, 7) is 5.16. The Morgan fingerprint density at radius 1 is 1.59 bits per heavy atom. The lowest BCUT2D eigenvalue weighted by atomic mass is 9.91. The fraction of sp³-hybridized carbons (Fsp3) is 0.917. The fourth-order valence-electron chi connectivity index (χ4n) is 2.31. The largest absolute Gasteiger partial charge is 0.383 e. The van der Waals surface area contributed by atoms with Gasteiger partial charge in [0, 0.05) is 20.2 Å². The van der Waals surface area contributed by atoms with Gasteiger partial charge in [-0.3, -0.25) is 9.69 Å². The van der Waals surface area contributed by atoms with Crippen molar-refractivity contribution in [2.24, 2.45) is 11.7 Å². The molecule has 0 bridgehead atoms.